The summed E-state index contributed by atoms with van der Waals surface area (Å²) in [5, 5.41) is 11.3. The van der Waals surface area contributed by atoms with E-state index >= 15 is 0 Å². The zero-order valence-electron chi connectivity index (χ0n) is 13.3. The Balaban J connectivity index is 1.86. The van der Waals surface area contributed by atoms with Gasteiger partial charge in [0.15, 0.2) is 8.68 Å². The number of nitrogens with zero attached hydrogens (tertiary/aromatic N) is 2. The van der Waals surface area contributed by atoms with Crippen LogP contribution in [0.25, 0.3) is 0 Å². The molecule has 2 rings (SSSR count). The lowest BCUT2D eigenvalue weighted by Crippen LogP contribution is -2.29. The minimum Gasteiger partial charge on any atom is -0.349 e. The zero-order chi connectivity index (χ0) is 16.5. The van der Waals surface area contributed by atoms with Gasteiger partial charge in [0.2, 0.25) is 5.91 Å². The fraction of sp³-hybridized carbons (Fsp3) is 0.438. The highest BCUT2D eigenvalue weighted by Gasteiger charge is 2.14. The summed E-state index contributed by atoms with van der Waals surface area (Å²) in [7, 11) is 0. The number of hydrogen-bond donors (Lipinski definition) is 1. The highest BCUT2D eigenvalue weighted by molar-refractivity contribution is 8.03. The van der Waals surface area contributed by atoms with E-state index in [9.17, 15) is 4.79 Å². The van der Waals surface area contributed by atoms with Crippen molar-refractivity contribution in [3.63, 3.8) is 0 Å². The molecule has 0 saturated heterocycles. The van der Waals surface area contributed by atoms with Crippen molar-refractivity contribution >= 4 is 40.8 Å². The largest absolute Gasteiger partial charge is 0.349 e. The third-order valence-electron chi connectivity index (χ3n) is 3.10. The van der Waals surface area contributed by atoms with Gasteiger partial charge in [0.1, 0.15) is 0 Å². The third kappa shape index (κ3) is 6.16. The molecular weight excluding hydrogens is 346 g/mol. The van der Waals surface area contributed by atoms with Gasteiger partial charge < -0.3 is 5.32 Å². The second kappa shape index (κ2) is 9.95. The van der Waals surface area contributed by atoms with Crippen molar-refractivity contribution in [2.45, 2.75) is 41.4 Å². The number of rotatable bonds is 9. The van der Waals surface area contributed by atoms with Gasteiger partial charge in [0.25, 0.3) is 0 Å². The molecule has 0 aliphatic carbocycles. The molecule has 1 aromatic heterocycles. The molecule has 0 aliphatic heterocycles. The maximum absolute atomic E-state index is 12.2. The normalized spacial score (nSPS) is 12.1. The first-order chi connectivity index (χ1) is 11.2. The van der Waals surface area contributed by atoms with Gasteiger partial charge in [-0.2, -0.15) is 0 Å². The molecule has 0 aliphatic rings. The van der Waals surface area contributed by atoms with Crippen LogP contribution in [0.5, 0.6) is 0 Å². The number of nitrogens with one attached hydrogen (secondary N) is 1. The van der Waals surface area contributed by atoms with Crippen molar-refractivity contribution in [2.75, 3.05) is 11.5 Å². The molecule has 1 aromatic carbocycles. The topological polar surface area (TPSA) is 54.9 Å². The quantitative estimate of drug-likeness (QED) is 0.666. The van der Waals surface area contributed by atoms with Crippen LogP contribution < -0.4 is 5.32 Å². The zero-order valence-corrected chi connectivity index (χ0v) is 15.8. The molecule has 2 aromatic rings. The summed E-state index contributed by atoms with van der Waals surface area (Å²) >= 11 is 4.67. The van der Waals surface area contributed by atoms with Crippen molar-refractivity contribution in [2.24, 2.45) is 0 Å². The number of carbonyl (C=O) groups is 1. The number of amides is 1. The molecule has 0 fully saturated rings. The number of thioether (sulfide) groups is 2. The highest BCUT2D eigenvalue weighted by atomic mass is 32.2. The molecular formula is C16H21N3OS3. The number of benzene rings is 1. The van der Waals surface area contributed by atoms with Gasteiger partial charge in [-0.15, -0.1) is 10.2 Å². The first-order valence-corrected chi connectivity index (χ1v) is 10.4. The Morgan fingerprint density at radius 1 is 1.17 bits per heavy atom. The minimum atomic E-state index is 0.0391. The van der Waals surface area contributed by atoms with Crippen LogP contribution in [0, 0.1) is 0 Å². The van der Waals surface area contributed by atoms with Crippen molar-refractivity contribution in [3.05, 3.63) is 35.9 Å². The lowest BCUT2D eigenvalue weighted by atomic mass is 10.0. The van der Waals surface area contributed by atoms with Gasteiger partial charge in [-0.25, -0.2) is 0 Å². The van der Waals surface area contributed by atoms with Crippen LogP contribution in [0.1, 0.15) is 38.3 Å². The van der Waals surface area contributed by atoms with E-state index in [1.54, 1.807) is 23.1 Å². The first kappa shape index (κ1) is 18.3. The SMILES string of the molecule is CCC[C@@H](NC(=O)CSc1nnc(SCC)s1)c1ccccc1. The van der Waals surface area contributed by atoms with Crippen molar-refractivity contribution in [1.82, 2.24) is 15.5 Å². The lowest BCUT2D eigenvalue weighted by Gasteiger charge is -2.18. The van der Waals surface area contributed by atoms with Gasteiger partial charge in [-0.05, 0) is 17.7 Å². The standard InChI is InChI=1S/C16H21N3OS3/c1-3-8-13(12-9-6-5-7-10-12)17-14(20)11-22-16-19-18-15(23-16)21-4-2/h5-7,9-10,13H,3-4,8,11H2,1-2H3,(H,17,20)/t13-/m1/s1. The molecule has 4 nitrogen and oxygen atoms in total. The molecule has 0 bridgehead atoms. The van der Waals surface area contributed by atoms with Crippen LogP contribution in [-0.4, -0.2) is 27.6 Å². The maximum Gasteiger partial charge on any atom is 0.230 e. The van der Waals surface area contributed by atoms with Gasteiger partial charge in [-0.1, -0.05) is 85.5 Å². The molecule has 1 heterocycles. The van der Waals surface area contributed by atoms with Crippen LogP contribution in [0.4, 0.5) is 0 Å². The Hall–Kier alpha value is -1.05. The van der Waals surface area contributed by atoms with E-state index < -0.39 is 0 Å². The minimum absolute atomic E-state index is 0.0391. The van der Waals surface area contributed by atoms with E-state index in [-0.39, 0.29) is 11.9 Å². The summed E-state index contributed by atoms with van der Waals surface area (Å²) in [6.45, 7) is 4.22. The molecule has 23 heavy (non-hydrogen) atoms. The van der Waals surface area contributed by atoms with Crippen LogP contribution in [-0.2, 0) is 4.79 Å². The summed E-state index contributed by atoms with van der Waals surface area (Å²) < 4.78 is 1.81. The van der Waals surface area contributed by atoms with Crippen LogP contribution >= 0.6 is 34.9 Å². The van der Waals surface area contributed by atoms with Crippen molar-refractivity contribution in [1.29, 1.82) is 0 Å². The van der Waals surface area contributed by atoms with Gasteiger partial charge in [-0.3, -0.25) is 4.79 Å². The average Bonchev–Trinajstić information content (AvgIpc) is 3.01. The van der Waals surface area contributed by atoms with E-state index in [1.807, 2.05) is 18.2 Å². The lowest BCUT2D eigenvalue weighted by molar-refractivity contribution is -0.119. The summed E-state index contributed by atoms with van der Waals surface area (Å²) in [5.41, 5.74) is 1.16. The molecule has 1 amide bonds. The smallest absolute Gasteiger partial charge is 0.230 e. The summed E-state index contributed by atoms with van der Waals surface area (Å²) in [5.74, 6) is 1.39. The van der Waals surface area contributed by atoms with Gasteiger partial charge in [0, 0.05) is 0 Å². The number of aromatic nitrogens is 2. The van der Waals surface area contributed by atoms with Crippen molar-refractivity contribution in [3.8, 4) is 0 Å². The predicted octanol–water partition coefficient (Wildman–Crippen LogP) is 4.40. The highest BCUT2D eigenvalue weighted by Crippen LogP contribution is 2.28. The fourth-order valence-corrected chi connectivity index (χ4v) is 4.83. The maximum atomic E-state index is 12.2. The molecule has 1 atom stereocenters. The monoisotopic (exact) mass is 367 g/mol. The summed E-state index contributed by atoms with van der Waals surface area (Å²) in [4.78, 5) is 12.2. The molecule has 0 radical (unpaired) electrons. The van der Waals surface area contributed by atoms with E-state index in [2.05, 4.69) is 41.5 Å². The molecule has 1 N–H and O–H groups in total. The van der Waals surface area contributed by atoms with Gasteiger partial charge in [0.05, 0.1) is 11.8 Å². The Morgan fingerprint density at radius 3 is 2.52 bits per heavy atom. The molecule has 0 unspecified atom stereocenters. The van der Waals surface area contributed by atoms with Crippen LogP contribution in [0.3, 0.4) is 0 Å². The Labute approximate surface area is 149 Å². The van der Waals surface area contributed by atoms with Crippen LogP contribution in [0.15, 0.2) is 39.0 Å². The molecule has 0 saturated carbocycles. The molecule has 0 spiro atoms. The Kier molecular flexibility index (Phi) is 7.91. The number of hydrogen-bond acceptors (Lipinski definition) is 6. The predicted molar refractivity (Wildman–Crippen MR) is 99.3 cm³/mol. The average molecular weight is 368 g/mol. The molecule has 124 valence electrons. The van der Waals surface area contributed by atoms with E-state index in [0.29, 0.717) is 5.75 Å². The van der Waals surface area contributed by atoms with Crippen molar-refractivity contribution < 1.29 is 4.79 Å². The number of carbonyl (C=O) groups excluding carboxylic acids is 1. The second-order valence-electron chi connectivity index (χ2n) is 4.88. The Bertz CT molecular complexity index is 604. The van der Waals surface area contributed by atoms with Crippen LogP contribution in [0.2, 0.25) is 0 Å². The molecule has 7 heteroatoms. The van der Waals surface area contributed by atoms with E-state index in [4.69, 9.17) is 0 Å². The Morgan fingerprint density at radius 2 is 1.87 bits per heavy atom. The summed E-state index contributed by atoms with van der Waals surface area (Å²) in [6, 6.07) is 10.2. The fourth-order valence-electron chi connectivity index (χ4n) is 2.10. The summed E-state index contributed by atoms with van der Waals surface area (Å²) in [6.07, 6.45) is 1.97. The second-order valence-corrected chi connectivity index (χ2v) is 8.59. The first-order valence-electron chi connectivity index (χ1n) is 7.66. The van der Waals surface area contributed by atoms with E-state index in [1.165, 1.54) is 11.8 Å². The third-order valence-corrected chi connectivity index (χ3v) is 6.17. The van der Waals surface area contributed by atoms with Gasteiger partial charge >= 0.3 is 0 Å². The van der Waals surface area contributed by atoms with E-state index in [0.717, 1.165) is 32.8 Å².